The number of allylic oxidation sites excluding steroid dienone is 3. The van der Waals surface area contributed by atoms with Crippen LogP contribution in [0.15, 0.2) is 55.2 Å². The summed E-state index contributed by atoms with van der Waals surface area (Å²) in [6, 6.07) is 4.17. The van der Waals surface area contributed by atoms with Crippen molar-refractivity contribution >= 4 is 34.9 Å². The molecule has 5 heteroatoms. The Balaban J connectivity index is 2.05. The van der Waals surface area contributed by atoms with E-state index >= 15 is 0 Å². The number of carbonyl (C=O) groups excluding carboxylic acids is 3. The summed E-state index contributed by atoms with van der Waals surface area (Å²) in [6.45, 7) is 15.8. The van der Waals surface area contributed by atoms with E-state index in [0.717, 1.165) is 70.9 Å². The van der Waals surface area contributed by atoms with Gasteiger partial charge in [0.15, 0.2) is 5.78 Å². The number of ketones is 1. The molecule has 37 heavy (non-hydrogen) atoms. The molecule has 0 spiro atoms. The second kappa shape index (κ2) is 14.9. The average molecular weight is 505 g/mol. The number of hydrogen-bond acceptors (Lipinski definition) is 5. The molecule has 1 aliphatic carbocycles. The number of esters is 2. The van der Waals surface area contributed by atoms with Gasteiger partial charge in [-0.15, -0.1) is 0 Å². The number of benzene rings is 1. The van der Waals surface area contributed by atoms with Crippen LogP contribution in [0.25, 0.3) is 17.2 Å². The number of Topliss-reactive ketones (excluding diaryl/α,β-unsaturated/α-hetero) is 1. The van der Waals surface area contributed by atoms with Gasteiger partial charge in [0, 0.05) is 17.6 Å². The Morgan fingerprint density at radius 1 is 1.03 bits per heavy atom. The molecule has 0 bridgehead atoms. The van der Waals surface area contributed by atoms with Crippen molar-refractivity contribution < 1.29 is 23.9 Å². The molecule has 0 N–H and O–H groups in total. The van der Waals surface area contributed by atoms with E-state index < -0.39 is 5.97 Å². The van der Waals surface area contributed by atoms with Crippen LogP contribution in [0, 0.1) is 0 Å². The van der Waals surface area contributed by atoms with Crippen LogP contribution >= 0.6 is 0 Å². The van der Waals surface area contributed by atoms with Gasteiger partial charge in [-0.1, -0.05) is 62.1 Å². The van der Waals surface area contributed by atoms with Gasteiger partial charge in [-0.2, -0.15) is 0 Å². The number of rotatable bonds is 13. The summed E-state index contributed by atoms with van der Waals surface area (Å²) in [7, 11) is 0. The number of hydrogen-bond donors (Lipinski definition) is 0. The van der Waals surface area contributed by atoms with E-state index in [-0.39, 0.29) is 17.7 Å². The van der Waals surface area contributed by atoms with Crippen molar-refractivity contribution in [2.75, 3.05) is 13.2 Å². The van der Waals surface area contributed by atoms with Gasteiger partial charge in [-0.25, -0.2) is 9.59 Å². The summed E-state index contributed by atoms with van der Waals surface area (Å²) in [5.74, 6) is -0.569. The summed E-state index contributed by atoms with van der Waals surface area (Å²) in [5, 5.41) is 2.03. The quantitative estimate of drug-likeness (QED) is 0.202. The molecule has 1 aliphatic rings. The molecular formula is C32H40O5. The lowest BCUT2D eigenvalue weighted by atomic mass is 9.85. The van der Waals surface area contributed by atoms with Gasteiger partial charge >= 0.3 is 11.9 Å². The molecule has 0 saturated carbocycles. The molecule has 2 rings (SSSR count). The Kier molecular flexibility index (Phi) is 12.0. The predicted octanol–water partition coefficient (Wildman–Crippen LogP) is 5.47. The van der Waals surface area contributed by atoms with E-state index in [1.165, 1.54) is 0 Å². The van der Waals surface area contributed by atoms with Gasteiger partial charge in [0.25, 0.3) is 0 Å². The molecule has 198 valence electrons. The minimum Gasteiger partial charge on any atom is -0.463 e. The molecule has 0 heterocycles. The highest BCUT2D eigenvalue weighted by molar-refractivity contribution is 6.13. The zero-order valence-corrected chi connectivity index (χ0v) is 22.7. The number of ether oxygens (including phenoxy) is 2. The molecule has 0 fully saturated rings. The third-order valence-corrected chi connectivity index (χ3v) is 6.47. The first-order valence-corrected chi connectivity index (χ1v) is 13.1. The fourth-order valence-corrected chi connectivity index (χ4v) is 4.36. The Morgan fingerprint density at radius 3 is 2.24 bits per heavy atom. The predicted molar refractivity (Wildman–Crippen MR) is 150 cm³/mol. The van der Waals surface area contributed by atoms with Crippen LogP contribution < -0.4 is 10.4 Å². The van der Waals surface area contributed by atoms with E-state index in [0.29, 0.717) is 25.2 Å². The maximum Gasteiger partial charge on any atom is 0.337 e. The maximum atomic E-state index is 12.5. The lowest BCUT2D eigenvalue weighted by Crippen LogP contribution is -2.35. The Bertz CT molecular complexity index is 1210. The summed E-state index contributed by atoms with van der Waals surface area (Å²) in [4.78, 5) is 35.8. The molecule has 1 aromatic carbocycles. The Labute approximate surface area is 220 Å². The minimum atomic E-state index is -0.404. The van der Waals surface area contributed by atoms with E-state index in [9.17, 15) is 14.4 Å². The van der Waals surface area contributed by atoms with Gasteiger partial charge in [-0.3, -0.25) is 4.79 Å². The summed E-state index contributed by atoms with van der Waals surface area (Å²) in [5.41, 5.74) is 4.36. The smallest absolute Gasteiger partial charge is 0.337 e. The van der Waals surface area contributed by atoms with Gasteiger partial charge in [-0.05, 0) is 80.9 Å². The molecule has 0 saturated heterocycles. The molecule has 1 aromatic rings. The fourth-order valence-electron chi connectivity index (χ4n) is 4.36. The Hall–Kier alpha value is -3.47. The van der Waals surface area contributed by atoms with Crippen LogP contribution in [0.4, 0.5) is 0 Å². The number of carbonyl (C=O) groups is 3. The largest absolute Gasteiger partial charge is 0.463 e. The highest BCUT2D eigenvalue weighted by Crippen LogP contribution is 2.26. The molecule has 0 aliphatic heterocycles. The molecule has 5 nitrogen and oxygen atoms in total. The van der Waals surface area contributed by atoms with Crippen LogP contribution in [-0.2, 0) is 23.9 Å². The van der Waals surface area contributed by atoms with E-state index in [4.69, 9.17) is 9.47 Å². The molecule has 0 amide bonds. The zero-order chi connectivity index (χ0) is 27.4. The van der Waals surface area contributed by atoms with E-state index in [1.807, 2.05) is 26.0 Å². The van der Waals surface area contributed by atoms with Gasteiger partial charge < -0.3 is 9.47 Å². The van der Waals surface area contributed by atoms with Crippen LogP contribution in [0.5, 0.6) is 0 Å². The third kappa shape index (κ3) is 8.56. The lowest BCUT2D eigenvalue weighted by Gasteiger charge is -2.19. The zero-order valence-electron chi connectivity index (χ0n) is 22.7. The van der Waals surface area contributed by atoms with E-state index in [1.54, 1.807) is 6.92 Å². The van der Waals surface area contributed by atoms with Crippen LogP contribution in [-0.4, -0.2) is 30.9 Å². The first-order valence-electron chi connectivity index (χ1n) is 13.1. The summed E-state index contributed by atoms with van der Waals surface area (Å²) >= 11 is 0. The average Bonchev–Trinajstić information content (AvgIpc) is 2.89. The second-order valence-corrected chi connectivity index (χ2v) is 9.35. The lowest BCUT2D eigenvalue weighted by molar-refractivity contribution is -0.139. The molecule has 1 atom stereocenters. The van der Waals surface area contributed by atoms with Crippen molar-refractivity contribution in [3.8, 4) is 0 Å². The van der Waals surface area contributed by atoms with Crippen molar-refractivity contribution in [2.24, 2.45) is 0 Å². The first-order chi connectivity index (χ1) is 17.7. The number of unbranched alkanes of at least 4 members (excludes halogenated alkanes) is 3. The van der Waals surface area contributed by atoms with Gasteiger partial charge in [0.2, 0.25) is 0 Å². The highest BCUT2D eigenvalue weighted by Gasteiger charge is 2.18. The van der Waals surface area contributed by atoms with Crippen molar-refractivity contribution in [1.82, 2.24) is 0 Å². The normalized spacial score (nSPS) is 16.1. The Morgan fingerprint density at radius 2 is 1.70 bits per heavy atom. The van der Waals surface area contributed by atoms with Crippen LogP contribution in [0.1, 0.15) is 83.3 Å². The topological polar surface area (TPSA) is 69.7 Å². The third-order valence-electron chi connectivity index (χ3n) is 6.47. The molecule has 1 unspecified atom stereocenters. The van der Waals surface area contributed by atoms with E-state index in [2.05, 4.69) is 44.4 Å². The van der Waals surface area contributed by atoms with Crippen LogP contribution in [0.3, 0.4) is 0 Å². The highest BCUT2D eigenvalue weighted by atomic mass is 16.5. The SMILES string of the molecule is C=CC(=O)OCCCCCCOC(=O)C1=CCC(c2ccc(C(=C)C)c(=C(/C)C(C)=O)/c2=C\CC)C=C1. The second-order valence-electron chi connectivity index (χ2n) is 9.35. The standard InChI is InChI=1S/C32H40O5/c1-7-13-29-28(19-18-27(22(3)4)31(29)23(5)24(6)33)25-14-16-26(17-15-25)32(35)37-21-12-10-9-11-20-36-30(34)8-2/h8,13-14,16-19,25H,2-3,7,9-12,15,20-21H2,1,4-6H3/b29-13-,31-23+. The van der Waals surface area contributed by atoms with Crippen LogP contribution in [0.2, 0.25) is 0 Å². The van der Waals surface area contributed by atoms with Gasteiger partial charge in [0.1, 0.15) is 0 Å². The van der Waals surface area contributed by atoms with Crippen molar-refractivity contribution in [3.63, 3.8) is 0 Å². The molecule has 0 aromatic heterocycles. The maximum absolute atomic E-state index is 12.5. The minimum absolute atomic E-state index is 0.0469. The van der Waals surface area contributed by atoms with Crippen molar-refractivity contribution in [2.45, 2.75) is 72.1 Å². The summed E-state index contributed by atoms with van der Waals surface area (Å²) in [6.07, 6.45) is 14.0. The summed E-state index contributed by atoms with van der Waals surface area (Å²) < 4.78 is 10.4. The van der Waals surface area contributed by atoms with Crippen molar-refractivity contribution in [1.29, 1.82) is 0 Å². The fraction of sp³-hybridized carbons (Fsp3) is 0.406. The van der Waals surface area contributed by atoms with Crippen molar-refractivity contribution in [3.05, 3.63) is 76.7 Å². The molecule has 0 radical (unpaired) electrons. The molecular weight excluding hydrogens is 464 g/mol. The van der Waals surface area contributed by atoms with Gasteiger partial charge in [0.05, 0.1) is 18.8 Å². The monoisotopic (exact) mass is 504 g/mol. The first kappa shape index (κ1) is 29.8.